The maximum atomic E-state index is 15.8. The number of carbonyl (C=O) groups is 1. The molecule has 0 radical (unpaired) electrons. The van der Waals surface area contributed by atoms with E-state index in [0.29, 0.717) is 10.6 Å². The standard InChI is InChI=1S/C36H28NO2P/c1-25-21-23-27(24-22-25)33-34-32(26-13-5-2-6-14-26)30-19-11-12-20-31(30)37(34)36(38)35(33)40(39,28-15-7-3-8-16-28)29-17-9-4-10-18-29/h2-24,33,35H,1H3/t33-,35+/m1/s1. The van der Waals surface area contributed by atoms with Crippen LogP contribution in [0, 0.1) is 6.92 Å². The van der Waals surface area contributed by atoms with Gasteiger partial charge in [-0.05, 0) is 24.1 Å². The summed E-state index contributed by atoms with van der Waals surface area (Å²) in [6, 6.07) is 45.9. The molecule has 0 bridgehead atoms. The molecule has 2 heterocycles. The van der Waals surface area contributed by atoms with Crippen molar-refractivity contribution < 1.29 is 9.36 Å². The summed E-state index contributed by atoms with van der Waals surface area (Å²) in [4.78, 5) is 14.9. The number of aryl methyl sites for hydroxylation is 1. The van der Waals surface area contributed by atoms with E-state index in [-0.39, 0.29) is 5.91 Å². The molecule has 3 nitrogen and oxygen atoms in total. The fourth-order valence-corrected chi connectivity index (χ4v) is 9.70. The third-order valence-electron chi connectivity index (χ3n) is 8.17. The molecule has 1 aliphatic heterocycles. The summed E-state index contributed by atoms with van der Waals surface area (Å²) in [6.45, 7) is 2.06. The minimum Gasteiger partial charge on any atom is -0.313 e. The van der Waals surface area contributed by atoms with Crippen molar-refractivity contribution in [1.29, 1.82) is 0 Å². The van der Waals surface area contributed by atoms with Gasteiger partial charge >= 0.3 is 0 Å². The predicted octanol–water partition coefficient (Wildman–Crippen LogP) is 7.79. The minimum absolute atomic E-state index is 0.116. The largest absolute Gasteiger partial charge is 0.313 e. The van der Waals surface area contributed by atoms with Crippen LogP contribution in [0.2, 0.25) is 0 Å². The molecule has 40 heavy (non-hydrogen) atoms. The van der Waals surface area contributed by atoms with Gasteiger partial charge in [-0.1, -0.05) is 139 Å². The van der Waals surface area contributed by atoms with Crippen molar-refractivity contribution in [2.24, 2.45) is 0 Å². The lowest BCUT2D eigenvalue weighted by Crippen LogP contribution is -2.33. The van der Waals surface area contributed by atoms with Gasteiger partial charge in [0.25, 0.3) is 0 Å². The van der Waals surface area contributed by atoms with Crippen LogP contribution in [-0.2, 0) is 4.57 Å². The molecule has 0 fully saturated rings. The molecule has 6 aromatic rings. The zero-order valence-corrected chi connectivity index (χ0v) is 23.0. The summed E-state index contributed by atoms with van der Waals surface area (Å²) in [5, 5.41) is 2.43. The Morgan fingerprint density at radius 1 is 0.625 bits per heavy atom. The average Bonchev–Trinajstić information content (AvgIpc) is 3.51. The Morgan fingerprint density at radius 2 is 1.15 bits per heavy atom. The van der Waals surface area contributed by atoms with Gasteiger partial charge in [0.05, 0.1) is 5.52 Å². The zero-order chi connectivity index (χ0) is 27.3. The number of carbonyl (C=O) groups excluding carboxylic acids is 1. The van der Waals surface area contributed by atoms with E-state index >= 15 is 4.57 Å². The first-order valence-electron chi connectivity index (χ1n) is 13.6. The lowest BCUT2D eigenvalue weighted by molar-refractivity contribution is 0.0930. The predicted molar refractivity (Wildman–Crippen MR) is 165 cm³/mol. The van der Waals surface area contributed by atoms with Crippen LogP contribution >= 0.6 is 7.14 Å². The van der Waals surface area contributed by atoms with E-state index < -0.39 is 18.7 Å². The molecule has 7 rings (SSSR count). The van der Waals surface area contributed by atoms with Crippen LogP contribution < -0.4 is 10.6 Å². The highest BCUT2D eigenvalue weighted by molar-refractivity contribution is 7.80. The molecule has 0 aliphatic carbocycles. The van der Waals surface area contributed by atoms with E-state index in [9.17, 15) is 4.79 Å². The van der Waals surface area contributed by atoms with Gasteiger partial charge in [-0.2, -0.15) is 0 Å². The van der Waals surface area contributed by atoms with Crippen LogP contribution in [0.15, 0.2) is 140 Å². The van der Waals surface area contributed by atoms with Crippen molar-refractivity contribution in [3.8, 4) is 11.1 Å². The highest BCUT2D eigenvalue weighted by atomic mass is 31.2. The number of aromatic nitrogens is 1. The molecule has 0 N–H and O–H groups in total. The van der Waals surface area contributed by atoms with Crippen LogP contribution in [0.1, 0.15) is 27.5 Å². The molecule has 2 atom stereocenters. The maximum absolute atomic E-state index is 15.8. The lowest BCUT2D eigenvalue weighted by atomic mass is 9.88. The minimum atomic E-state index is -3.47. The molecular weight excluding hydrogens is 509 g/mol. The summed E-state index contributed by atoms with van der Waals surface area (Å²) in [5.41, 5.74) is 5.20. The molecule has 0 saturated heterocycles. The van der Waals surface area contributed by atoms with Crippen LogP contribution in [0.25, 0.3) is 22.0 Å². The van der Waals surface area contributed by atoms with E-state index in [1.165, 1.54) is 0 Å². The SMILES string of the molecule is Cc1ccc([C@@H]2c3c(-c4ccccc4)c4ccccc4n3C(=O)[C@H]2P(=O)(c2ccccc2)c2ccccc2)cc1. The Labute approximate surface area is 234 Å². The highest BCUT2D eigenvalue weighted by Gasteiger charge is 2.54. The number of hydrogen-bond donors (Lipinski definition) is 0. The Morgan fingerprint density at radius 3 is 1.75 bits per heavy atom. The summed E-state index contributed by atoms with van der Waals surface area (Å²) in [6.07, 6.45) is 0. The van der Waals surface area contributed by atoms with Crippen molar-refractivity contribution in [2.75, 3.05) is 0 Å². The molecule has 4 heteroatoms. The molecule has 0 spiro atoms. The number of nitrogens with zero attached hydrogens (tertiary/aromatic N) is 1. The number of benzene rings is 5. The first kappa shape index (κ1) is 24.6. The van der Waals surface area contributed by atoms with Gasteiger partial charge in [0.15, 0.2) is 7.14 Å². The molecule has 5 aromatic carbocycles. The number of rotatable bonds is 5. The van der Waals surface area contributed by atoms with Crippen molar-refractivity contribution in [3.05, 3.63) is 156 Å². The average molecular weight is 538 g/mol. The van der Waals surface area contributed by atoms with Crippen molar-refractivity contribution >= 4 is 34.6 Å². The monoisotopic (exact) mass is 537 g/mol. The van der Waals surface area contributed by atoms with Gasteiger partial charge in [-0.3, -0.25) is 9.36 Å². The zero-order valence-electron chi connectivity index (χ0n) is 22.1. The molecule has 194 valence electrons. The van der Waals surface area contributed by atoms with E-state index in [0.717, 1.165) is 38.9 Å². The Balaban J connectivity index is 1.60. The molecule has 1 aromatic heterocycles. The second kappa shape index (κ2) is 9.62. The van der Waals surface area contributed by atoms with Crippen molar-refractivity contribution in [2.45, 2.75) is 18.5 Å². The van der Waals surface area contributed by atoms with Gasteiger partial charge in [-0.25, -0.2) is 0 Å². The van der Waals surface area contributed by atoms with E-state index in [1.807, 2.05) is 102 Å². The van der Waals surface area contributed by atoms with E-state index in [4.69, 9.17) is 0 Å². The third kappa shape index (κ3) is 3.66. The van der Waals surface area contributed by atoms with Crippen molar-refractivity contribution in [1.82, 2.24) is 4.57 Å². The molecule has 1 aliphatic rings. The first-order valence-corrected chi connectivity index (χ1v) is 15.4. The Hall–Kier alpha value is -4.46. The Kier molecular flexibility index (Phi) is 5.91. The lowest BCUT2D eigenvalue weighted by Gasteiger charge is -2.29. The van der Waals surface area contributed by atoms with Crippen LogP contribution in [0.4, 0.5) is 0 Å². The van der Waals surface area contributed by atoms with Gasteiger partial charge in [0.2, 0.25) is 5.91 Å². The molecule has 0 unspecified atom stereocenters. The summed E-state index contributed by atoms with van der Waals surface area (Å²) in [7, 11) is -3.47. The molecular formula is C36H28NO2P. The normalized spacial score (nSPS) is 16.8. The van der Waals surface area contributed by atoms with Crippen LogP contribution in [0.5, 0.6) is 0 Å². The van der Waals surface area contributed by atoms with E-state index in [2.05, 4.69) is 49.4 Å². The molecule has 0 saturated carbocycles. The Bertz CT molecular complexity index is 1850. The fourth-order valence-electron chi connectivity index (χ4n) is 6.37. The number of para-hydroxylation sites is 1. The van der Waals surface area contributed by atoms with Gasteiger partial charge in [-0.15, -0.1) is 0 Å². The summed E-state index contributed by atoms with van der Waals surface area (Å²) in [5.74, 6) is -0.517. The fraction of sp³-hybridized carbons (Fsp3) is 0.0833. The van der Waals surface area contributed by atoms with Gasteiger partial charge in [0, 0.05) is 33.2 Å². The number of hydrogen-bond acceptors (Lipinski definition) is 2. The van der Waals surface area contributed by atoms with Gasteiger partial charge < -0.3 is 4.57 Å². The first-order chi connectivity index (χ1) is 19.6. The highest BCUT2D eigenvalue weighted by Crippen LogP contribution is 2.60. The summed E-state index contributed by atoms with van der Waals surface area (Å²) < 4.78 is 17.7. The smallest absolute Gasteiger partial charge is 0.243 e. The second-order valence-electron chi connectivity index (χ2n) is 10.5. The molecule has 0 amide bonds. The van der Waals surface area contributed by atoms with Crippen LogP contribution in [0.3, 0.4) is 0 Å². The topological polar surface area (TPSA) is 39.1 Å². The third-order valence-corrected chi connectivity index (χ3v) is 11.6. The number of fused-ring (bicyclic) bond motifs is 3. The maximum Gasteiger partial charge on any atom is 0.243 e. The quantitative estimate of drug-likeness (QED) is 0.211. The summed E-state index contributed by atoms with van der Waals surface area (Å²) >= 11 is 0. The van der Waals surface area contributed by atoms with Gasteiger partial charge in [0.1, 0.15) is 5.66 Å². The second-order valence-corrected chi connectivity index (χ2v) is 13.4. The van der Waals surface area contributed by atoms with E-state index in [1.54, 1.807) is 0 Å². The van der Waals surface area contributed by atoms with Crippen molar-refractivity contribution in [3.63, 3.8) is 0 Å². The van der Waals surface area contributed by atoms with Crippen LogP contribution in [-0.4, -0.2) is 16.1 Å².